The van der Waals surface area contributed by atoms with Crippen molar-refractivity contribution >= 4 is 11.6 Å². The molecule has 0 bridgehead atoms. The Morgan fingerprint density at radius 1 is 1.16 bits per heavy atom. The summed E-state index contributed by atoms with van der Waals surface area (Å²) >= 11 is 0. The fraction of sp³-hybridized carbons (Fsp3) is 0.211. The number of benzene rings is 2. The molecule has 0 aliphatic heterocycles. The average molecular weight is 337 g/mol. The van der Waals surface area contributed by atoms with Crippen molar-refractivity contribution in [3.8, 4) is 17.2 Å². The monoisotopic (exact) mass is 337 g/mol. The standard InChI is InChI=1S/C19H19N3O3/c1-3-14-8-4-6-10-16(14)21-18(23)12-24-17-11-7-5-9-15(17)19-20-13(2)22-25-19/h4-11H,3,12H2,1-2H3,(H,21,23). The summed E-state index contributed by atoms with van der Waals surface area (Å²) in [5.41, 5.74) is 2.54. The Balaban J connectivity index is 1.69. The molecule has 3 aromatic rings. The third-order valence-electron chi connectivity index (χ3n) is 3.68. The number of carbonyl (C=O) groups excluding carboxylic acids is 1. The predicted octanol–water partition coefficient (Wildman–Crippen LogP) is 3.62. The number of aromatic nitrogens is 2. The number of anilines is 1. The molecule has 0 radical (unpaired) electrons. The minimum Gasteiger partial charge on any atom is -0.483 e. The number of carbonyl (C=O) groups is 1. The largest absolute Gasteiger partial charge is 0.483 e. The number of hydrogen-bond donors (Lipinski definition) is 1. The van der Waals surface area contributed by atoms with Crippen molar-refractivity contribution in [2.24, 2.45) is 0 Å². The fourth-order valence-electron chi connectivity index (χ4n) is 2.46. The molecule has 0 atom stereocenters. The number of nitrogens with zero attached hydrogens (tertiary/aromatic N) is 2. The minimum absolute atomic E-state index is 0.109. The molecule has 25 heavy (non-hydrogen) atoms. The molecule has 1 aromatic heterocycles. The van der Waals surface area contributed by atoms with E-state index in [4.69, 9.17) is 9.26 Å². The summed E-state index contributed by atoms with van der Waals surface area (Å²) in [5.74, 6) is 1.20. The quantitative estimate of drug-likeness (QED) is 0.743. The molecule has 6 nitrogen and oxygen atoms in total. The third kappa shape index (κ3) is 4.03. The van der Waals surface area contributed by atoms with E-state index in [9.17, 15) is 4.79 Å². The lowest BCUT2D eigenvalue weighted by atomic mass is 10.1. The summed E-state index contributed by atoms with van der Waals surface area (Å²) in [6, 6.07) is 15.0. The molecule has 2 aromatic carbocycles. The summed E-state index contributed by atoms with van der Waals surface area (Å²) in [5, 5.41) is 6.66. The van der Waals surface area contributed by atoms with Gasteiger partial charge in [-0.3, -0.25) is 4.79 Å². The van der Waals surface area contributed by atoms with Crippen LogP contribution >= 0.6 is 0 Å². The van der Waals surface area contributed by atoms with E-state index >= 15 is 0 Å². The SMILES string of the molecule is CCc1ccccc1NC(=O)COc1ccccc1-c1nc(C)no1. The van der Waals surface area contributed by atoms with Crippen molar-refractivity contribution in [2.75, 3.05) is 11.9 Å². The van der Waals surface area contributed by atoms with Crippen LogP contribution in [0.1, 0.15) is 18.3 Å². The van der Waals surface area contributed by atoms with E-state index in [1.807, 2.05) is 49.4 Å². The molecule has 1 amide bonds. The van der Waals surface area contributed by atoms with Gasteiger partial charge in [0.25, 0.3) is 11.8 Å². The molecule has 0 aliphatic carbocycles. The van der Waals surface area contributed by atoms with Gasteiger partial charge in [-0.25, -0.2) is 0 Å². The molecular weight excluding hydrogens is 318 g/mol. The summed E-state index contributed by atoms with van der Waals surface area (Å²) in [7, 11) is 0. The van der Waals surface area contributed by atoms with Crippen LogP contribution in [0.15, 0.2) is 53.1 Å². The van der Waals surface area contributed by atoms with Crippen molar-refractivity contribution in [3.63, 3.8) is 0 Å². The van der Waals surface area contributed by atoms with Crippen molar-refractivity contribution < 1.29 is 14.1 Å². The van der Waals surface area contributed by atoms with E-state index in [0.29, 0.717) is 23.0 Å². The zero-order chi connectivity index (χ0) is 17.6. The Hall–Kier alpha value is -3.15. The molecule has 0 saturated carbocycles. The number of nitrogens with one attached hydrogen (secondary N) is 1. The molecular formula is C19H19N3O3. The second-order valence-electron chi connectivity index (χ2n) is 5.49. The molecule has 6 heteroatoms. The van der Waals surface area contributed by atoms with Crippen LogP contribution in [0.2, 0.25) is 0 Å². The number of amides is 1. The predicted molar refractivity (Wildman–Crippen MR) is 94.4 cm³/mol. The van der Waals surface area contributed by atoms with Crippen LogP contribution in [0.4, 0.5) is 5.69 Å². The van der Waals surface area contributed by atoms with E-state index in [1.165, 1.54) is 0 Å². The number of hydrogen-bond acceptors (Lipinski definition) is 5. The Morgan fingerprint density at radius 2 is 1.92 bits per heavy atom. The molecule has 0 aliphatic rings. The molecule has 0 unspecified atom stereocenters. The van der Waals surface area contributed by atoms with Crippen LogP contribution in [0.5, 0.6) is 5.75 Å². The second kappa shape index (κ2) is 7.61. The Labute approximate surface area is 145 Å². The summed E-state index contributed by atoms with van der Waals surface area (Å²) in [4.78, 5) is 16.4. The summed E-state index contributed by atoms with van der Waals surface area (Å²) in [6.45, 7) is 3.68. The highest BCUT2D eigenvalue weighted by atomic mass is 16.5. The van der Waals surface area contributed by atoms with E-state index in [0.717, 1.165) is 17.7 Å². The van der Waals surface area contributed by atoms with E-state index in [-0.39, 0.29) is 12.5 Å². The van der Waals surface area contributed by atoms with Crippen molar-refractivity contribution in [1.82, 2.24) is 10.1 Å². The smallest absolute Gasteiger partial charge is 0.262 e. The zero-order valence-electron chi connectivity index (χ0n) is 14.2. The molecule has 0 spiro atoms. The van der Waals surface area contributed by atoms with Gasteiger partial charge in [0.1, 0.15) is 5.75 Å². The Kier molecular flexibility index (Phi) is 5.09. The first-order valence-corrected chi connectivity index (χ1v) is 8.07. The highest BCUT2D eigenvalue weighted by Crippen LogP contribution is 2.28. The average Bonchev–Trinajstić information content (AvgIpc) is 3.07. The van der Waals surface area contributed by atoms with E-state index < -0.39 is 0 Å². The van der Waals surface area contributed by atoms with Gasteiger partial charge in [0.05, 0.1) is 5.56 Å². The number of aryl methyl sites for hydroxylation is 2. The van der Waals surface area contributed by atoms with Gasteiger partial charge in [-0.15, -0.1) is 0 Å². The maximum atomic E-state index is 12.2. The van der Waals surface area contributed by atoms with Crippen molar-refractivity contribution in [2.45, 2.75) is 20.3 Å². The summed E-state index contributed by atoms with van der Waals surface area (Å²) in [6.07, 6.45) is 0.844. The van der Waals surface area contributed by atoms with Crippen molar-refractivity contribution in [1.29, 1.82) is 0 Å². The lowest BCUT2D eigenvalue weighted by molar-refractivity contribution is -0.118. The number of rotatable bonds is 6. The van der Waals surface area contributed by atoms with E-state index in [2.05, 4.69) is 15.5 Å². The maximum absolute atomic E-state index is 12.2. The summed E-state index contributed by atoms with van der Waals surface area (Å²) < 4.78 is 10.9. The van der Waals surface area contributed by atoms with Gasteiger partial charge >= 0.3 is 0 Å². The Morgan fingerprint density at radius 3 is 2.68 bits per heavy atom. The first kappa shape index (κ1) is 16.7. The maximum Gasteiger partial charge on any atom is 0.262 e. The van der Waals surface area contributed by atoms with E-state index in [1.54, 1.807) is 13.0 Å². The fourth-order valence-corrected chi connectivity index (χ4v) is 2.46. The third-order valence-corrected chi connectivity index (χ3v) is 3.68. The highest BCUT2D eigenvalue weighted by molar-refractivity contribution is 5.92. The number of ether oxygens (including phenoxy) is 1. The van der Waals surface area contributed by atoms with Gasteiger partial charge in [0.2, 0.25) is 0 Å². The van der Waals surface area contributed by atoms with Crippen LogP contribution in [-0.2, 0) is 11.2 Å². The first-order chi connectivity index (χ1) is 12.2. The molecule has 128 valence electrons. The van der Waals surface area contributed by atoms with Crippen LogP contribution in [0.25, 0.3) is 11.5 Å². The topological polar surface area (TPSA) is 77.2 Å². The van der Waals surface area contributed by atoms with Gasteiger partial charge in [0.15, 0.2) is 12.4 Å². The van der Waals surface area contributed by atoms with Gasteiger partial charge < -0.3 is 14.6 Å². The highest BCUT2D eigenvalue weighted by Gasteiger charge is 2.14. The van der Waals surface area contributed by atoms with Gasteiger partial charge in [-0.05, 0) is 37.1 Å². The van der Waals surface area contributed by atoms with Crippen LogP contribution in [0, 0.1) is 6.92 Å². The lowest BCUT2D eigenvalue weighted by Crippen LogP contribution is -2.21. The van der Waals surface area contributed by atoms with Crippen LogP contribution in [-0.4, -0.2) is 22.7 Å². The minimum atomic E-state index is -0.225. The lowest BCUT2D eigenvalue weighted by Gasteiger charge is -2.11. The first-order valence-electron chi connectivity index (χ1n) is 8.07. The molecule has 0 saturated heterocycles. The van der Waals surface area contributed by atoms with Gasteiger partial charge in [-0.2, -0.15) is 4.98 Å². The van der Waals surface area contributed by atoms with Gasteiger partial charge in [0, 0.05) is 5.69 Å². The van der Waals surface area contributed by atoms with Crippen molar-refractivity contribution in [3.05, 3.63) is 59.9 Å². The normalized spacial score (nSPS) is 10.5. The Bertz CT molecular complexity index is 874. The molecule has 0 fully saturated rings. The molecule has 1 N–H and O–H groups in total. The van der Waals surface area contributed by atoms with Crippen LogP contribution in [0.3, 0.4) is 0 Å². The molecule has 3 rings (SSSR count). The van der Waals surface area contributed by atoms with Crippen LogP contribution < -0.4 is 10.1 Å². The number of para-hydroxylation sites is 2. The second-order valence-corrected chi connectivity index (χ2v) is 5.49. The molecule has 1 heterocycles. The zero-order valence-corrected chi connectivity index (χ0v) is 14.2. The van der Waals surface area contributed by atoms with Gasteiger partial charge in [-0.1, -0.05) is 42.4 Å².